The highest BCUT2D eigenvalue weighted by molar-refractivity contribution is 7.19. The van der Waals surface area contributed by atoms with Crippen molar-refractivity contribution in [3.8, 4) is 11.1 Å². The molecule has 176 valence electrons. The fourth-order valence-corrected chi connectivity index (χ4v) is 7.03. The van der Waals surface area contributed by atoms with E-state index in [9.17, 15) is 9.59 Å². The first kappa shape index (κ1) is 22.0. The van der Waals surface area contributed by atoms with Crippen molar-refractivity contribution in [1.29, 1.82) is 0 Å². The summed E-state index contributed by atoms with van der Waals surface area (Å²) >= 11 is 8.27. The summed E-state index contributed by atoms with van der Waals surface area (Å²) in [5, 5.41) is 4.25. The number of hydrogen-bond donors (Lipinski definition) is 1. The zero-order valence-corrected chi connectivity index (χ0v) is 20.6. The number of likely N-dealkylation sites (tertiary alicyclic amines) is 1. The van der Waals surface area contributed by atoms with Crippen molar-refractivity contribution >= 4 is 50.7 Å². The first-order chi connectivity index (χ1) is 16.6. The Kier molecular flexibility index (Phi) is 5.79. The van der Waals surface area contributed by atoms with E-state index >= 15 is 0 Å². The van der Waals surface area contributed by atoms with E-state index in [1.54, 1.807) is 11.3 Å². The van der Waals surface area contributed by atoms with Crippen LogP contribution in [0.15, 0.2) is 30.5 Å². The number of aryl methyl sites for hydroxylation is 1. The van der Waals surface area contributed by atoms with Crippen LogP contribution >= 0.6 is 22.9 Å². The lowest BCUT2D eigenvalue weighted by Crippen LogP contribution is -2.45. The fourth-order valence-electron chi connectivity index (χ4n) is 5.66. The third-order valence-corrected chi connectivity index (χ3v) is 8.62. The number of rotatable bonds is 4. The molecule has 3 aliphatic rings. The maximum atomic E-state index is 12.1. The molecule has 34 heavy (non-hydrogen) atoms. The summed E-state index contributed by atoms with van der Waals surface area (Å²) in [5.74, 6) is -0.172. The van der Waals surface area contributed by atoms with E-state index in [2.05, 4.69) is 33.4 Å². The smallest absolute Gasteiger partial charge is 0.230 e. The Morgan fingerprint density at radius 1 is 1.06 bits per heavy atom. The Morgan fingerprint density at radius 2 is 1.85 bits per heavy atom. The summed E-state index contributed by atoms with van der Waals surface area (Å²) < 4.78 is 1.08. The standard InChI is InChI=1S/C26H27ClN4O2S/c27-17-12-16-2-1-11-30(18-5-8-28-9-6-18)25(16)21(13-17)20-7-10-29-22-14-19(34-26(20)22)15-31-23(32)3-4-24(31)33/h7,10,12-14,18,28H,1-6,8-9,11,15H2. The molecule has 6 rings (SSSR count). The SMILES string of the molecule is O=C1CCC(=O)N1Cc1cc2nccc(-c3cc(Cl)cc4c3N(C3CCNCC3)CCC4)c2s1. The largest absolute Gasteiger partial charge is 0.368 e. The van der Waals surface area contributed by atoms with Gasteiger partial charge in [-0.2, -0.15) is 0 Å². The number of thiophene rings is 1. The molecule has 3 aromatic rings. The number of carbonyl (C=O) groups is 2. The molecule has 0 radical (unpaired) electrons. The maximum Gasteiger partial charge on any atom is 0.230 e. The van der Waals surface area contributed by atoms with Gasteiger partial charge in [0.05, 0.1) is 16.8 Å². The summed E-state index contributed by atoms with van der Waals surface area (Å²) in [6.45, 7) is 3.50. The number of hydrogen-bond acceptors (Lipinski definition) is 6. The topological polar surface area (TPSA) is 65.5 Å². The first-order valence-electron chi connectivity index (χ1n) is 12.1. The van der Waals surface area contributed by atoms with Crippen LogP contribution in [-0.4, -0.2) is 47.4 Å². The van der Waals surface area contributed by atoms with Crippen LogP contribution in [0.2, 0.25) is 5.02 Å². The van der Waals surface area contributed by atoms with Gasteiger partial charge in [0.2, 0.25) is 11.8 Å². The number of anilines is 1. The van der Waals surface area contributed by atoms with Crippen LogP contribution in [0.5, 0.6) is 0 Å². The van der Waals surface area contributed by atoms with E-state index < -0.39 is 0 Å². The molecule has 1 N–H and O–H groups in total. The van der Waals surface area contributed by atoms with Crippen LogP contribution in [0.1, 0.15) is 42.5 Å². The van der Waals surface area contributed by atoms with Gasteiger partial charge >= 0.3 is 0 Å². The van der Waals surface area contributed by atoms with Crippen LogP contribution in [0.3, 0.4) is 0 Å². The molecule has 0 saturated carbocycles. The van der Waals surface area contributed by atoms with E-state index in [1.165, 1.54) is 16.2 Å². The average molecular weight is 495 g/mol. The molecule has 2 fully saturated rings. The summed E-state index contributed by atoms with van der Waals surface area (Å²) in [5.41, 5.74) is 5.82. The number of halogens is 1. The second-order valence-electron chi connectivity index (χ2n) is 9.40. The van der Waals surface area contributed by atoms with Crippen molar-refractivity contribution in [3.05, 3.63) is 45.9 Å². The number of nitrogens with zero attached hydrogens (tertiary/aromatic N) is 3. The molecule has 2 saturated heterocycles. The zero-order valence-electron chi connectivity index (χ0n) is 19.0. The minimum absolute atomic E-state index is 0.0860. The number of benzene rings is 1. The molecule has 0 bridgehead atoms. The minimum Gasteiger partial charge on any atom is -0.368 e. The number of carbonyl (C=O) groups excluding carboxylic acids is 2. The molecule has 8 heteroatoms. The number of imide groups is 1. The van der Waals surface area contributed by atoms with Gasteiger partial charge in [0.15, 0.2) is 0 Å². The van der Waals surface area contributed by atoms with Crippen molar-refractivity contribution < 1.29 is 9.59 Å². The van der Waals surface area contributed by atoms with Crippen LogP contribution in [0.4, 0.5) is 5.69 Å². The third kappa shape index (κ3) is 3.89. The van der Waals surface area contributed by atoms with Gasteiger partial charge in [-0.3, -0.25) is 19.5 Å². The Labute approximate surface area is 207 Å². The van der Waals surface area contributed by atoms with E-state index in [-0.39, 0.29) is 11.8 Å². The summed E-state index contributed by atoms with van der Waals surface area (Å²) in [7, 11) is 0. The van der Waals surface area contributed by atoms with Crippen molar-refractivity contribution in [3.63, 3.8) is 0 Å². The molecule has 6 nitrogen and oxygen atoms in total. The van der Waals surface area contributed by atoms with Gasteiger partial charge in [-0.1, -0.05) is 11.6 Å². The molecule has 0 atom stereocenters. The molecule has 0 aliphatic carbocycles. The van der Waals surface area contributed by atoms with Gasteiger partial charge in [0.1, 0.15) is 0 Å². The lowest BCUT2D eigenvalue weighted by atomic mass is 9.91. The zero-order chi connectivity index (χ0) is 23.2. The molecule has 1 aromatic carbocycles. The van der Waals surface area contributed by atoms with Crippen molar-refractivity contribution in [2.45, 2.75) is 51.1 Å². The van der Waals surface area contributed by atoms with Crippen molar-refractivity contribution in [1.82, 2.24) is 15.2 Å². The van der Waals surface area contributed by atoms with Gasteiger partial charge in [-0.15, -0.1) is 11.3 Å². The normalized spacial score (nSPS) is 19.3. The predicted molar refractivity (Wildman–Crippen MR) is 136 cm³/mol. The first-order valence-corrected chi connectivity index (χ1v) is 13.3. The van der Waals surface area contributed by atoms with Crippen LogP contribution in [0, 0.1) is 0 Å². The molecule has 2 amide bonds. The summed E-state index contributed by atoms with van der Waals surface area (Å²) in [4.78, 5) is 33.9. The molecular weight excluding hydrogens is 468 g/mol. The number of amides is 2. The summed E-state index contributed by atoms with van der Waals surface area (Å²) in [6.07, 6.45) is 6.95. The second-order valence-corrected chi connectivity index (χ2v) is 11.0. The van der Waals surface area contributed by atoms with Gasteiger partial charge in [0, 0.05) is 58.3 Å². The van der Waals surface area contributed by atoms with E-state index in [4.69, 9.17) is 11.6 Å². The number of piperidine rings is 1. The highest BCUT2D eigenvalue weighted by atomic mass is 35.5. The Morgan fingerprint density at radius 3 is 2.65 bits per heavy atom. The van der Waals surface area contributed by atoms with Gasteiger partial charge in [-0.25, -0.2) is 0 Å². The molecular formula is C26H27ClN4O2S. The van der Waals surface area contributed by atoms with Gasteiger partial charge < -0.3 is 10.2 Å². The number of aromatic nitrogens is 1. The highest BCUT2D eigenvalue weighted by Gasteiger charge is 2.31. The van der Waals surface area contributed by atoms with E-state index in [1.807, 2.05) is 12.3 Å². The molecule has 0 spiro atoms. The minimum atomic E-state index is -0.0860. The Bertz CT molecular complexity index is 1270. The highest BCUT2D eigenvalue weighted by Crippen LogP contribution is 2.45. The molecule has 5 heterocycles. The molecule has 3 aliphatic heterocycles. The van der Waals surface area contributed by atoms with Gasteiger partial charge in [-0.05, 0) is 68.6 Å². The Balaban J connectivity index is 1.45. The van der Waals surface area contributed by atoms with Crippen LogP contribution < -0.4 is 10.2 Å². The third-order valence-electron chi connectivity index (χ3n) is 7.26. The number of nitrogens with one attached hydrogen (secondary N) is 1. The maximum absolute atomic E-state index is 12.1. The number of pyridine rings is 1. The van der Waals surface area contributed by atoms with Crippen molar-refractivity contribution in [2.75, 3.05) is 24.5 Å². The van der Waals surface area contributed by atoms with Gasteiger partial charge in [0.25, 0.3) is 0 Å². The quantitative estimate of drug-likeness (QED) is 0.529. The fraction of sp³-hybridized carbons (Fsp3) is 0.423. The van der Waals surface area contributed by atoms with Crippen LogP contribution in [0.25, 0.3) is 21.3 Å². The Hall–Kier alpha value is -2.48. The average Bonchev–Trinajstić information content (AvgIpc) is 3.41. The van der Waals surface area contributed by atoms with Crippen molar-refractivity contribution in [2.24, 2.45) is 0 Å². The van der Waals surface area contributed by atoms with Crippen LogP contribution in [-0.2, 0) is 22.6 Å². The predicted octanol–water partition coefficient (Wildman–Crippen LogP) is 4.77. The second kappa shape index (κ2) is 8.95. The lowest BCUT2D eigenvalue weighted by molar-refractivity contribution is -0.138. The van der Waals surface area contributed by atoms with E-state index in [0.29, 0.717) is 25.4 Å². The monoisotopic (exact) mass is 494 g/mol. The summed E-state index contributed by atoms with van der Waals surface area (Å²) in [6, 6.07) is 8.86. The molecule has 2 aromatic heterocycles. The lowest BCUT2D eigenvalue weighted by Gasteiger charge is -2.41. The van der Waals surface area contributed by atoms with E-state index in [0.717, 1.165) is 76.6 Å². The molecule has 0 unspecified atom stereocenters. The number of fused-ring (bicyclic) bond motifs is 2.